The average Bonchev–Trinajstić information content (AvgIpc) is 2.70. The minimum absolute atomic E-state index is 0.194. The highest BCUT2D eigenvalue weighted by atomic mass is 14.3. The first kappa shape index (κ1) is 16.3. The summed E-state index contributed by atoms with van der Waals surface area (Å²) in [4.78, 5) is 0. The Kier molecular flexibility index (Phi) is 3.52. The predicted octanol–water partition coefficient (Wildman–Crippen LogP) is 6.47. The van der Waals surface area contributed by atoms with Gasteiger partial charge in [0.1, 0.15) is 0 Å². The second kappa shape index (κ2) is 4.97. The minimum Gasteiger partial charge on any atom is -0.0561 e. The first-order valence-corrected chi connectivity index (χ1v) is 8.77. The molecule has 0 spiro atoms. The Morgan fingerprint density at radius 2 is 0.957 bits per heavy atom. The van der Waals surface area contributed by atoms with Gasteiger partial charge in [-0.05, 0) is 75.6 Å². The van der Waals surface area contributed by atoms with E-state index in [1.165, 1.54) is 44.5 Å². The Labute approximate surface area is 141 Å². The maximum absolute atomic E-state index is 2.46. The van der Waals surface area contributed by atoms with Crippen LogP contribution in [0, 0.1) is 13.8 Å². The van der Waals surface area contributed by atoms with Crippen molar-refractivity contribution >= 4 is 0 Å². The number of fused-ring (bicyclic) bond motifs is 3. The van der Waals surface area contributed by atoms with E-state index in [2.05, 4.69) is 79.7 Å². The highest BCUT2D eigenvalue weighted by Gasteiger charge is 2.26. The molecular formula is C23H30. The highest BCUT2D eigenvalue weighted by molar-refractivity contribution is 5.79. The van der Waals surface area contributed by atoms with Crippen LogP contribution in [0.2, 0.25) is 0 Å². The average molecular weight is 306 g/mol. The Morgan fingerprint density at radius 3 is 1.26 bits per heavy atom. The van der Waals surface area contributed by atoms with Gasteiger partial charge >= 0.3 is 0 Å². The van der Waals surface area contributed by atoms with E-state index in [1.807, 2.05) is 0 Å². The molecule has 0 N–H and O–H groups in total. The van der Waals surface area contributed by atoms with Crippen molar-refractivity contribution in [1.82, 2.24) is 0 Å². The number of hydrogen-bond donors (Lipinski definition) is 0. The van der Waals surface area contributed by atoms with E-state index in [1.54, 1.807) is 0 Å². The predicted molar refractivity (Wildman–Crippen MR) is 102 cm³/mol. The highest BCUT2D eigenvalue weighted by Crippen LogP contribution is 2.43. The van der Waals surface area contributed by atoms with Crippen LogP contribution in [0.4, 0.5) is 0 Å². The maximum Gasteiger partial charge on any atom is -0.00132 e. The smallest absolute Gasteiger partial charge is 0.00132 e. The summed E-state index contributed by atoms with van der Waals surface area (Å²) in [6.45, 7) is 18.4. The second-order valence-electron chi connectivity index (χ2n) is 9.33. The van der Waals surface area contributed by atoms with Crippen molar-refractivity contribution in [3.8, 4) is 11.1 Å². The number of rotatable bonds is 0. The van der Waals surface area contributed by atoms with Gasteiger partial charge in [0.2, 0.25) is 0 Å². The Bertz CT molecular complexity index is 710. The maximum atomic E-state index is 2.46. The van der Waals surface area contributed by atoms with E-state index < -0.39 is 0 Å². The third-order valence-electron chi connectivity index (χ3n) is 5.19. The molecule has 0 nitrogen and oxygen atoms in total. The topological polar surface area (TPSA) is 0 Å². The fourth-order valence-electron chi connectivity index (χ4n) is 4.15. The van der Waals surface area contributed by atoms with Gasteiger partial charge in [0.05, 0.1) is 0 Å². The molecule has 0 saturated carbocycles. The van der Waals surface area contributed by atoms with E-state index >= 15 is 0 Å². The number of hydrogen-bond acceptors (Lipinski definition) is 0. The first-order valence-electron chi connectivity index (χ1n) is 8.77. The van der Waals surface area contributed by atoms with E-state index in [4.69, 9.17) is 0 Å². The van der Waals surface area contributed by atoms with Crippen molar-refractivity contribution in [3.05, 3.63) is 57.6 Å². The van der Waals surface area contributed by atoms with Crippen molar-refractivity contribution < 1.29 is 0 Å². The molecule has 0 aromatic heterocycles. The molecule has 2 aromatic carbocycles. The molecule has 0 heterocycles. The van der Waals surface area contributed by atoms with Crippen LogP contribution in [0.5, 0.6) is 0 Å². The van der Waals surface area contributed by atoms with Crippen molar-refractivity contribution in [3.63, 3.8) is 0 Å². The van der Waals surface area contributed by atoms with Gasteiger partial charge in [-0.2, -0.15) is 0 Å². The molecule has 23 heavy (non-hydrogen) atoms. The molecule has 0 aliphatic heterocycles. The van der Waals surface area contributed by atoms with Crippen LogP contribution in [-0.4, -0.2) is 0 Å². The fourth-order valence-corrected chi connectivity index (χ4v) is 4.15. The lowest BCUT2D eigenvalue weighted by atomic mass is 9.80. The van der Waals surface area contributed by atoms with Crippen LogP contribution in [0.3, 0.4) is 0 Å². The van der Waals surface area contributed by atoms with Crippen LogP contribution in [-0.2, 0) is 17.3 Å². The molecule has 0 radical (unpaired) electrons. The van der Waals surface area contributed by atoms with Crippen LogP contribution in [0.15, 0.2) is 24.3 Å². The SMILES string of the molecule is Cc1cc2c(cc1C(C)(C)C)-c1cc(C(C)(C)C)c(C)cc1C2. The summed E-state index contributed by atoms with van der Waals surface area (Å²) >= 11 is 0. The zero-order valence-corrected chi connectivity index (χ0v) is 16.0. The minimum atomic E-state index is 0.194. The summed E-state index contributed by atoms with van der Waals surface area (Å²) in [6, 6.07) is 9.75. The van der Waals surface area contributed by atoms with Gasteiger partial charge in [0.25, 0.3) is 0 Å². The Hall–Kier alpha value is -1.56. The summed E-state index contributed by atoms with van der Waals surface area (Å²) in [7, 11) is 0. The van der Waals surface area contributed by atoms with Crippen LogP contribution in [0.25, 0.3) is 11.1 Å². The quantitative estimate of drug-likeness (QED) is 0.446. The van der Waals surface area contributed by atoms with Gasteiger partial charge in [-0.1, -0.05) is 65.8 Å². The largest absolute Gasteiger partial charge is 0.0561 e. The molecule has 2 aromatic rings. The van der Waals surface area contributed by atoms with Crippen LogP contribution >= 0.6 is 0 Å². The zero-order chi connectivity index (χ0) is 17.2. The van der Waals surface area contributed by atoms with Crippen molar-refractivity contribution in [2.45, 2.75) is 72.6 Å². The number of benzene rings is 2. The van der Waals surface area contributed by atoms with Gasteiger partial charge < -0.3 is 0 Å². The molecule has 0 unspecified atom stereocenters. The monoisotopic (exact) mass is 306 g/mol. The summed E-state index contributed by atoms with van der Waals surface area (Å²) < 4.78 is 0. The van der Waals surface area contributed by atoms with Gasteiger partial charge in [0.15, 0.2) is 0 Å². The molecule has 122 valence electrons. The molecule has 1 aliphatic rings. The Morgan fingerprint density at radius 1 is 0.609 bits per heavy atom. The summed E-state index contributed by atoms with van der Waals surface area (Å²) in [6.07, 6.45) is 1.08. The molecule has 0 bridgehead atoms. The molecule has 3 rings (SSSR count). The van der Waals surface area contributed by atoms with Crippen molar-refractivity contribution in [2.24, 2.45) is 0 Å². The van der Waals surface area contributed by atoms with Crippen molar-refractivity contribution in [1.29, 1.82) is 0 Å². The van der Waals surface area contributed by atoms with E-state index in [0.29, 0.717) is 0 Å². The molecule has 0 fully saturated rings. The fraction of sp³-hybridized carbons (Fsp3) is 0.478. The lowest BCUT2D eigenvalue weighted by molar-refractivity contribution is 0.585. The molecule has 1 aliphatic carbocycles. The summed E-state index contributed by atoms with van der Waals surface area (Å²) in [5.74, 6) is 0. The van der Waals surface area contributed by atoms with Crippen LogP contribution < -0.4 is 0 Å². The standard InChI is InChI=1S/C23H30/c1-14-9-16-11-17-10-15(2)21(23(6,7)8)13-19(17)18(16)12-20(14)22(3,4)5/h9-10,12-13H,11H2,1-8H3. The molecule has 0 saturated heterocycles. The zero-order valence-electron chi connectivity index (χ0n) is 16.0. The second-order valence-corrected chi connectivity index (χ2v) is 9.33. The van der Waals surface area contributed by atoms with Crippen LogP contribution in [0.1, 0.15) is 74.9 Å². The molecular weight excluding hydrogens is 276 g/mol. The normalized spacial score (nSPS) is 13.9. The van der Waals surface area contributed by atoms with Gasteiger partial charge in [-0.3, -0.25) is 0 Å². The summed E-state index contributed by atoms with van der Waals surface area (Å²) in [5.41, 5.74) is 12.1. The lowest BCUT2D eigenvalue weighted by Crippen LogP contribution is -2.14. The Balaban J connectivity index is 2.23. The number of aryl methyl sites for hydroxylation is 2. The first-order chi connectivity index (χ1) is 10.5. The van der Waals surface area contributed by atoms with Gasteiger partial charge in [-0.15, -0.1) is 0 Å². The molecule has 0 heteroatoms. The molecule has 0 atom stereocenters. The third kappa shape index (κ3) is 2.73. The van der Waals surface area contributed by atoms with Gasteiger partial charge in [-0.25, -0.2) is 0 Å². The van der Waals surface area contributed by atoms with E-state index in [-0.39, 0.29) is 10.8 Å². The van der Waals surface area contributed by atoms with E-state index in [9.17, 15) is 0 Å². The lowest BCUT2D eigenvalue weighted by Gasteiger charge is -2.24. The summed E-state index contributed by atoms with van der Waals surface area (Å²) in [5, 5.41) is 0. The van der Waals surface area contributed by atoms with Crippen molar-refractivity contribution in [2.75, 3.05) is 0 Å². The molecule has 0 amide bonds. The van der Waals surface area contributed by atoms with Gasteiger partial charge in [0, 0.05) is 0 Å². The third-order valence-corrected chi connectivity index (χ3v) is 5.19. The van der Waals surface area contributed by atoms with E-state index in [0.717, 1.165) is 6.42 Å².